The monoisotopic (exact) mass is 123 g/mol. The van der Waals surface area contributed by atoms with Gasteiger partial charge in [0.1, 0.15) is 0 Å². The van der Waals surface area contributed by atoms with Gasteiger partial charge in [0.25, 0.3) is 0 Å². The lowest BCUT2D eigenvalue weighted by Gasteiger charge is -1.99. The van der Waals surface area contributed by atoms with Crippen molar-refractivity contribution in [2.45, 2.75) is 38.6 Å². The fourth-order valence-electron chi connectivity index (χ4n) is 2.07. The lowest BCUT2D eigenvalue weighted by Crippen LogP contribution is -2.00. The Balaban J connectivity index is 2.18. The first kappa shape index (κ1) is 5.45. The SMILES string of the molecule is CC1CC2CCCC2=N1. The van der Waals surface area contributed by atoms with Crippen LogP contribution in [0.5, 0.6) is 0 Å². The van der Waals surface area contributed by atoms with E-state index in [-0.39, 0.29) is 0 Å². The third-order valence-electron chi connectivity index (χ3n) is 2.47. The van der Waals surface area contributed by atoms with Crippen molar-refractivity contribution in [2.75, 3.05) is 0 Å². The summed E-state index contributed by atoms with van der Waals surface area (Å²) in [4.78, 5) is 4.57. The van der Waals surface area contributed by atoms with Crippen LogP contribution in [-0.4, -0.2) is 11.8 Å². The first-order valence-corrected chi connectivity index (χ1v) is 3.93. The lowest BCUT2D eigenvalue weighted by atomic mass is 10.0. The molecule has 1 nitrogen and oxygen atoms in total. The van der Waals surface area contributed by atoms with Crippen LogP contribution in [0.25, 0.3) is 0 Å². The highest BCUT2D eigenvalue weighted by atomic mass is 14.8. The zero-order valence-electron chi connectivity index (χ0n) is 5.93. The summed E-state index contributed by atoms with van der Waals surface area (Å²) in [6, 6.07) is 0.644. The van der Waals surface area contributed by atoms with Crippen molar-refractivity contribution in [1.82, 2.24) is 0 Å². The smallest absolute Gasteiger partial charge is 0.0477 e. The van der Waals surface area contributed by atoms with Crippen molar-refractivity contribution in [3.05, 3.63) is 0 Å². The molecule has 1 heteroatoms. The van der Waals surface area contributed by atoms with E-state index in [9.17, 15) is 0 Å². The zero-order valence-corrected chi connectivity index (χ0v) is 5.93. The second-order valence-electron chi connectivity index (χ2n) is 3.29. The fourth-order valence-corrected chi connectivity index (χ4v) is 2.07. The molecule has 0 spiro atoms. The minimum atomic E-state index is 0.644. The van der Waals surface area contributed by atoms with Crippen molar-refractivity contribution in [1.29, 1.82) is 0 Å². The van der Waals surface area contributed by atoms with E-state index in [2.05, 4.69) is 11.9 Å². The Bertz CT molecular complexity index is 149. The average molecular weight is 123 g/mol. The predicted molar refractivity (Wildman–Crippen MR) is 38.9 cm³/mol. The van der Waals surface area contributed by atoms with Gasteiger partial charge in [-0.2, -0.15) is 0 Å². The van der Waals surface area contributed by atoms with Crippen molar-refractivity contribution in [3.8, 4) is 0 Å². The molecule has 0 saturated heterocycles. The van der Waals surface area contributed by atoms with E-state index in [1.165, 1.54) is 31.4 Å². The van der Waals surface area contributed by atoms with Crippen LogP contribution < -0.4 is 0 Å². The molecule has 1 saturated carbocycles. The Kier molecular flexibility index (Phi) is 1.11. The van der Waals surface area contributed by atoms with E-state index in [0.29, 0.717) is 6.04 Å². The van der Waals surface area contributed by atoms with Crippen molar-refractivity contribution in [3.63, 3.8) is 0 Å². The zero-order chi connectivity index (χ0) is 6.27. The average Bonchev–Trinajstić information content (AvgIpc) is 2.22. The quantitative estimate of drug-likeness (QED) is 0.467. The molecule has 2 unspecified atom stereocenters. The van der Waals surface area contributed by atoms with Gasteiger partial charge in [-0.3, -0.25) is 4.99 Å². The molecule has 0 aromatic rings. The molecule has 2 aliphatic rings. The summed E-state index contributed by atoms with van der Waals surface area (Å²) >= 11 is 0. The Morgan fingerprint density at radius 1 is 1.56 bits per heavy atom. The van der Waals surface area contributed by atoms with Crippen molar-refractivity contribution in [2.24, 2.45) is 10.9 Å². The molecule has 1 aliphatic carbocycles. The van der Waals surface area contributed by atoms with Gasteiger partial charge in [-0.15, -0.1) is 0 Å². The number of aliphatic imine (C=N–C) groups is 1. The minimum Gasteiger partial charge on any atom is -0.291 e. The van der Waals surface area contributed by atoms with Crippen LogP contribution in [0, 0.1) is 5.92 Å². The first-order valence-electron chi connectivity index (χ1n) is 3.93. The molecule has 0 amide bonds. The number of nitrogens with zero attached hydrogens (tertiary/aromatic N) is 1. The highest BCUT2D eigenvalue weighted by molar-refractivity contribution is 5.90. The van der Waals surface area contributed by atoms with Crippen LogP contribution in [0.4, 0.5) is 0 Å². The third-order valence-corrected chi connectivity index (χ3v) is 2.47. The molecule has 0 radical (unpaired) electrons. The van der Waals surface area contributed by atoms with Gasteiger partial charge in [0.2, 0.25) is 0 Å². The predicted octanol–water partition coefficient (Wildman–Crippen LogP) is 2.02. The Morgan fingerprint density at radius 2 is 2.44 bits per heavy atom. The summed E-state index contributed by atoms with van der Waals surface area (Å²) in [7, 11) is 0. The summed E-state index contributed by atoms with van der Waals surface area (Å²) in [6.07, 6.45) is 5.46. The van der Waals surface area contributed by atoms with Crippen molar-refractivity contribution < 1.29 is 0 Å². The van der Waals surface area contributed by atoms with E-state index >= 15 is 0 Å². The van der Waals surface area contributed by atoms with Gasteiger partial charge in [0.15, 0.2) is 0 Å². The van der Waals surface area contributed by atoms with E-state index in [4.69, 9.17) is 0 Å². The van der Waals surface area contributed by atoms with Gasteiger partial charge < -0.3 is 0 Å². The summed E-state index contributed by atoms with van der Waals surface area (Å²) in [5.74, 6) is 0.903. The fraction of sp³-hybridized carbons (Fsp3) is 0.875. The molecule has 0 aromatic carbocycles. The molecular formula is C8H13N. The molecule has 0 bridgehead atoms. The van der Waals surface area contributed by atoms with E-state index < -0.39 is 0 Å². The van der Waals surface area contributed by atoms with Crippen LogP contribution in [-0.2, 0) is 0 Å². The molecule has 2 rings (SSSR count). The maximum absolute atomic E-state index is 4.57. The van der Waals surface area contributed by atoms with Crippen LogP contribution in [0.2, 0.25) is 0 Å². The maximum Gasteiger partial charge on any atom is 0.0477 e. The maximum atomic E-state index is 4.57. The number of hydrogen-bond donors (Lipinski definition) is 0. The van der Waals surface area contributed by atoms with E-state index in [1.54, 1.807) is 0 Å². The van der Waals surface area contributed by atoms with Crippen LogP contribution in [0.3, 0.4) is 0 Å². The lowest BCUT2D eigenvalue weighted by molar-refractivity contribution is 0.579. The number of hydrogen-bond acceptors (Lipinski definition) is 1. The van der Waals surface area contributed by atoms with E-state index in [0.717, 1.165) is 5.92 Å². The Morgan fingerprint density at radius 3 is 3.22 bits per heavy atom. The summed E-state index contributed by atoms with van der Waals surface area (Å²) < 4.78 is 0. The molecule has 50 valence electrons. The summed E-state index contributed by atoms with van der Waals surface area (Å²) in [6.45, 7) is 2.23. The number of rotatable bonds is 0. The standard InChI is InChI=1S/C8H13N/c1-6-5-7-3-2-4-8(7)9-6/h6-7H,2-5H2,1H3. The van der Waals surface area contributed by atoms with Crippen LogP contribution in [0.15, 0.2) is 4.99 Å². The van der Waals surface area contributed by atoms with Gasteiger partial charge >= 0.3 is 0 Å². The van der Waals surface area contributed by atoms with Crippen molar-refractivity contribution >= 4 is 5.71 Å². The minimum absolute atomic E-state index is 0.644. The van der Waals surface area contributed by atoms with Gasteiger partial charge in [-0.1, -0.05) is 0 Å². The molecule has 1 fully saturated rings. The highest BCUT2D eigenvalue weighted by Gasteiger charge is 2.28. The molecule has 0 N–H and O–H groups in total. The largest absolute Gasteiger partial charge is 0.291 e. The Labute approximate surface area is 56.2 Å². The van der Waals surface area contributed by atoms with E-state index in [1.807, 2.05) is 0 Å². The molecule has 1 heterocycles. The Hall–Kier alpha value is -0.330. The second-order valence-corrected chi connectivity index (χ2v) is 3.29. The third kappa shape index (κ3) is 0.790. The molecule has 0 aromatic heterocycles. The molecule has 1 aliphatic heterocycles. The highest BCUT2D eigenvalue weighted by Crippen LogP contribution is 2.32. The topological polar surface area (TPSA) is 12.4 Å². The second kappa shape index (κ2) is 1.83. The van der Waals surface area contributed by atoms with Gasteiger partial charge in [-0.25, -0.2) is 0 Å². The van der Waals surface area contributed by atoms with Gasteiger partial charge in [0, 0.05) is 11.8 Å². The van der Waals surface area contributed by atoms with Gasteiger partial charge in [-0.05, 0) is 38.5 Å². The van der Waals surface area contributed by atoms with Crippen LogP contribution in [0.1, 0.15) is 32.6 Å². The first-order chi connectivity index (χ1) is 4.36. The van der Waals surface area contributed by atoms with Crippen LogP contribution >= 0.6 is 0 Å². The molecular weight excluding hydrogens is 110 g/mol. The summed E-state index contributed by atoms with van der Waals surface area (Å²) in [5.41, 5.74) is 1.53. The number of fused-ring (bicyclic) bond motifs is 1. The van der Waals surface area contributed by atoms with Gasteiger partial charge in [0.05, 0.1) is 0 Å². The summed E-state index contributed by atoms with van der Waals surface area (Å²) in [5, 5.41) is 0. The normalized spacial score (nSPS) is 40.8. The molecule has 2 atom stereocenters. The molecule has 9 heavy (non-hydrogen) atoms.